The Morgan fingerprint density at radius 2 is 2.17 bits per heavy atom. The van der Waals surface area contributed by atoms with Crippen LogP contribution in [0.5, 0.6) is 0 Å². The average molecular weight is 323 g/mol. The van der Waals surface area contributed by atoms with Gasteiger partial charge in [0.25, 0.3) is 5.91 Å². The molecule has 1 aliphatic heterocycles. The van der Waals surface area contributed by atoms with Crippen LogP contribution in [0, 0.1) is 5.92 Å². The molecule has 7 nitrogen and oxygen atoms in total. The highest BCUT2D eigenvalue weighted by Crippen LogP contribution is 2.16. The monoisotopic (exact) mass is 323 g/mol. The van der Waals surface area contributed by atoms with Gasteiger partial charge in [-0.3, -0.25) is 9.48 Å². The number of rotatable bonds is 8. The van der Waals surface area contributed by atoms with Crippen molar-refractivity contribution in [3.63, 3.8) is 0 Å². The molecule has 1 fully saturated rings. The molecule has 0 aliphatic carbocycles. The molecule has 0 unspecified atom stereocenters. The van der Waals surface area contributed by atoms with Gasteiger partial charge in [-0.1, -0.05) is 19.1 Å². The minimum Gasteiger partial charge on any atom is -0.378 e. The molecule has 0 saturated carbocycles. The van der Waals surface area contributed by atoms with E-state index in [0.29, 0.717) is 37.9 Å². The molecule has 0 radical (unpaired) electrons. The Labute approximate surface area is 138 Å². The van der Waals surface area contributed by atoms with Crippen LogP contribution in [-0.2, 0) is 11.3 Å². The van der Waals surface area contributed by atoms with Gasteiger partial charge in [-0.2, -0.15) is 0 Å². The van der Waals surface area contributed by atoms with Crippen LogP contribution in [0.1, 0.15) is 50.0 Å². The van der Waals surface area contributed by atoms with Gasteiger partial charge in [0, 0.05) is 26.2 Å². The van der Waals surface area contributed by atoms with Gasteiger partial charge in [0.1, 0.15) is 0 Å². The summed E-state index contributed by atoms with van der Waals surface area (Å²) in [5.41, 5.74) is 5.90. The first-order valence-corrected chi connectivity index (χ1v) is 8.61. The summed E-state index contributed by atoms with van der Waals surface area (Å²) in [5.74, 6) is 0.581. The number of piperidine rings is 1. The largest absolute Gasteiger partial charge is 0.378 e. The van der Waals surface area contributed by atoms with E-state index < -0.39 is 0 Å². The second kappa shape index (κ2) is 8.98. The summed E-state index contributed by atoms with van der Waals surface area (Å²) in [6.45, 7) is 7.93. The number of ether oxygens (including phenoxy) is 1. The van der Waals surface area contributed by atoms with Crippen molar-refractivity contribution in [3.8, 4) is 0 Å². The summed E-state index contributed by atoms with van der Waals surface area (Å²) >= 11 is 0. The van der Waals surface area contributed by atoms with Gasteiger partial charge in [-0.05, 0) is 38.1 Å². The van der Waals surface area contributed by atoms with Crippen molar-refractivity contribution in [2.24, 2.45) is 11.7 Å². The van der Waals surface area contributed by atoms with Crippen molar-refractivity contribution in [3.05, 3.63) is 11.9 Å². The predicted molar refractivity (Wildman–Crippen MR) is 88.0 cm³/mol. The van der Waals surface area contributed by atoms with Gasteiger partial charge in [0.05, 0.1) is 12.3 Å². The number of aryl methyl sites for hydroxylation is 1. The lowest BCUT2D eigenvalue weighted by Gasteiger charge is -2.31. The molecular formula is C16H29N5O2. The van der Waals surface area contributed by atoms with Gasteiger partial charge in [0.2, 0.25) is 0 Å². The third kappa shape index (κ3) is 5.58. The molecule has 1 saturated heterocycles. The molecule has 0 aromatic carbocycles. The van der Waals surface area contributed by atoms with E-state index in [1.165, 1.54) is 0 Å². The lowest BCUT2D eigenvalue weighted by molar-refractivity contribution is 0.00829. The fraction of sp³-hybridized carbons (Fsp3) is 0.812. The Balaban J connectivity index is 1.78. The Morgan fingerprint density at radius 1 is 1.43 bits per heavy atom. The van der Waals surface area contributed by atoms with E-state index in [1.807, 2.05) is 4.90 Å². The number of nitrogens with two attached hydrogens (primary N) is 1. The molecule has 2 heterocycles. The summed E-state index contributed by atoms with van der Waals surface area (Å²) in [7, 11) is 0. The fourth-order valence-electron chi connectivity index (χ4n) is 2.62. The molecule has 0 bridgehead atoms. The highest BCUT2D eigenvalue weighted by atomic mass is 16.5. The topological polar surface area (TPSA) is 86.3 Å². The van der Waals surface area contributed by atoms with Crippen molar-refractivity contribution in [2.45, 2.75) is 52.2 Å². The van der Waals surface area contributed by atoms with Crippen LogP contribution in [0.15, 0.2) is 6.20 Å². The molecular weight excluding hydrogens is 294 g/mol. The first-order valence-electron chi connectivity index (χ1n) is 8.61. The van der Waals surface area contributed by atoms with Crippen molar-refractivity contribution in [1.29, 1.82) is 0 Å². The Kier molecular flexibility index (Phi) is 6.98. The first-order chi connectivity index (χ1) is 11.1. The molecule has 0 atom stereocenters. The Hall–Kier alpha value is -1.47. The third-order valence-electron chi connectivity index (χ3n) is 4.12. The zero-order valence-corrected chi connectivity index (χ0v) is 14.3. The van der Waals surface area contributed by atoms with E-state index in [0.717, 1.165) is 32.2 Å². The zero-order valence-electron chi connectivity index (χ0n) is 14.3. The van der Waals surface area contributed by atoms with E-state index in [4.69, 9.17) is 10.5 Å². The first kappa shape index (κ1) is 17.9. The van der Waals surface area contributed by atoms with E-state index in [2.05, 4.69) is 24.2 Å². The molecule has 1 amide bonds. The van der Waals surface area contributed by atoms with Crippen LogP contribution < -0.4 is 5.73 Å². The molecule has 7 heteroatoms. The van der Waals surface area contributed by atoms with Gasteiger partial charge in [-0.25, -0.2) is 0 Å². The Bertz CT molecular complexity index is 481. The zero-order chi connectivity index (χ0) is 16.7. The normalized spacial score (nSPS) is 16.3. The predicted octanol–water partition coefficient (Wildman–Crippen LogP) is 1.29. The van der Waals surface area contributed by atoms with Crippen molar-refractivity contribution in [2.75, 3.05) is 26.2 Å². The van der Waals surface area contributed by atoms with Gasteiger partial charge < -0.3 is 15.4 Å². The van der Waals surface area contributed by atoms with E-state index >= 15 is 0 Å². The summed E-state index contributed by atoms with van der Waals surface area (Å²) in [6, 6.07) is 0. The fourth-order valence-corrected chi connectivity index (χ4v) is 2.62. The maximum Gasteiger partial charge on any atom is 0.276 e. The maximum absolute atomic E-state index is 12.5. The van der Waals surface area contributed by atoms with E-state index in [-0.39, 0.29) is 12.0 Å². The number of carbonyl (C=O) groups is 1. The van der Waals surface area contributed by atoms with E-state index in [9.17, 15) is 4.79 Å². The summed E-state index contributed by atoms with van der Waals surface area (Å²) in [5, 5.41) is 8.08. The minimum atomic E-state index is -0.0267. The quantitative estimate of drug-likeness (QED) is 0.729. The van der Waals surface area contributed by atoms with Crippen LogP contribution >= 0.6 is 0 Å². The van der Waals surface area contributed by atoms with Crippen LogP contribution in [0.25, 0.3) is 0 Å². The van der Waals surface area contributed by atoms with Crippen molar-refractivity contribution < 1.29 is 9.53 Å². The number of nitrogens with zero attached hydrogens (tertiary/aromatic N) is 4. The number of carbonyl (C=O) groups excluding carboxylic acids is 1. The molecule has 0 spiro atoms. The standard InChI is InChI=1S/C16H29N5O2/c1-13(2)4-10-21-12-15(18-19-21)16(22)20-8-5-14(6-9-20)23-11-3-7-17/h12-14H,3-11,17H2,1-2H3. The highest BCUT2D eigenvalue weighted by molar-refractivity contribution is 5.91. The second-order valence-corrected chi connectivity index (χ2v) is 6.55. The number of hydrogen-bond donors (Lipinski definition) is 1. The highest BCUT2D eigenvalue weighted by Gasteiger charge is 2.25. The lowest BCUT2D eigenvalue weighted by atomic mass is 10.1. The number of hydrogen-bond acceptors (Lipinski definition) is 5. The molecule has 23 heavy (non-hydrogen) atoms. The smallest absolute Gasteiger partial charge is 0.276 e. The lowest BCUT2D eigenvalue weighted by Crippen LogP contribution is -2.41. The maximum atomic E-state index is 12.5. The third-order valence-corrected chi connectivity index (χ3v) is 4.12. The average Bonchev–Trinajstić information content (AvgIpc) is 3.02. The van der Waals surface area contributed by atoms with E-state index in [1.54, 1.807) is 10.9 Å². The number of amides is 1. The SMILES string of the molecule is CC(C)CCn1cc(C(=O)N2CCC(OCCCN)CC2)nn1. The molecule has 1 aliphatic rings. The van der Waals surface area contributed by atoms with Crippen LogP contribution in [0.4, 0.5) is 0 Å². The van der Waals surface area contributed by atoms with Gasteiger partial charge in [-0.15, -0.1) is 5.10 Å². The molecule has 1 aromatic heterocycles. The van der Waals surface area contributed by atoms with Crippen LogP contribution in [0.3, 0.4) is 0 Å². The van der Waals surface area contributed by atoms with Gasteiger partial charge >= 0.3 is 0 Å². The molecule has 2 N–H and O–H groups in total. The summed E-state index contributed by atoms with van der Waals surface area (Å²) in [4.78, 5) is 14.3. The van der Waals surface area contributed by atoms with Crippen molar-refractivity contribution >= 4 is 5.91 Å². The van der Waals surface area contributed by atoms with Crippen molar-refractivity contribution in [1.82, 2.24) is 19.9 Å². The van der Waals surface area contributed by atoms with Crippen LogP contribution in [-0.4, -0.2) is 58.1 Å². The summed E-state index contributed by atoms with van der Waals surface area (Å²) in [6.07, 6.45) is 5.66. The molecule has 130 valence electrons. The number of aromatic nitrogens is 3. The van der Waals surface area contributed by atoms with Crippen LogP contribution in [0.2, 0.25) is 0 Å². The molecule has 1 aromatic rings. The summed E-state index contributed by atoms with van der Waals surface area (Å²) < 4.78 is 7.53. The molecule has 2 rings (SSSR count). The Morgan fingerprint density at radius 3 is 2.83 bits per heavy atom. The number of likely N-dealkylation sites (tertiary alicyclic amines) is 1. The minimum absolute atomic E-state index is 0.0267. The second-order valence-electron chi connectivity index (χ2n) is 6.55. The van der Waals surface area contributed by atoms with Gasteiger partial charge in [0.15, 0.2) is 5.69 Å².